The van der Waals surface area contributed by atoms with E-state index >= 15 is 0 Å². The fourth-order valence-electron chi connectivity index (χ4n) is 3.33. The number of carboxylic acid groups (broad SMARTS) is 2. The van der Waals surface area contributed by atoms with Gasteiger partial charge in [-0.3, -0.25) is 4.79 Å². The quantitative estimate of drug-likeness (QED) is 0.249. The van der Waals surface area contributed by atoms with Gasteiger partial charge in [0, 0.05) is 20.8 Å². The van der Waals surface area contributed by atoms with Gasteiger partial charge < -0.3 is 21.3 Å². The molecule has 7 nitrogen and oxygen atoms in total. The monoisotopic (exact) mass is 590 g/mol. The maximum absolute atomic E-state index is 12.7. The molecular weight excluding hydrogens is 568 g/mol. The predicted octanol–water partition coefficient (Wildman–Crippen LogP) is 5.79. The van der Waals surface area contributed by atoms with Gasteiger partial charge in [-0.1, -0.05) is 47.5 Å². The molecule has 0 bridgehead atoms. The van der Waals surface area contributed by atoms with Crippen molar-refractivity contribution in [3.05, 3.63) is 91.6 Å². The number of nitrogens with two attached hydrogens (primary N) is 1. The lowest BCUT2D eigenvalue weighted by molar-refractivity contribution is -0.192. The molecule has 0 saturated carbocycles. The van der Waals surface area contributed by atoms with E-state index in [1.807, 2.05) is 42.5 Å². The first-order chi connectivity index (χ1) is 17.8. The number of aliphatic carboxylic acids is 2. The maximum Gasteiger partial charge on any atom is 0.490 e. The number of carbonyl (C=O) groups is 3. The Morgan fingerprint density at radius 3 is 1.89 bits per heavy atom. The van der Waals surface area contributed by atoms with Crippen molar-refractivity contribution in [1.29, 1.82) is 0 Å². The minimum absolute atomic E-state index is 0.170. The number of halogens is 5. The number of hydrogen-bond donors (Lipinski definition) is 4. The summed E-state index contributed by atoms with van der Waals surface area (Å²) >= 11 is 13.8. The van der Waals surface area contributed by atoms with E-state index in [-0.39, 0.29) is 12.3 Å². The van der Waals surface area contributed by atoms with Gasteiger partial charge in [-0.25, -0.2) is 9.59 Å². The van der Waals surface area contributed by atoms with E-state index in [1.54, 1.807) is 18.2 Å². The lowest BCUT2D eigenvalue weighted by Crippen LogP contribution is -2.40. The van der Waals surface area contributed by atoms with Crippen molar-refractivity contribution in [2.24, 2.45) is 5.73 Å². The number of amides is 1. The molecule has 2 aromatic carbocycles. The van der Waals surface area contributed by atoms with Gasteiger partial charge in [-0.2, -0.15) is 13.2 Å². The molecule has 38 heavy (non-hydrogen) atoms. The van der Waals surface area contributed by atoms with Gasteiger partial charge in [-0.05, 0) is 66.9 Å². The van der Waals surface area contributed by atoms with E-state index in [0.717, 1.165) is 16.0 Å². The number of carbonyl (C=O) groups excluding carboxylic acids is 1. The largest absolute Gasteiger partial charge is 0.490 e. The second-order valence-corrected chi connectivity index (χ2v) is 9.83. The van der Waals surface area contributed by atoms with Gasteiger partial charge in [-0.15, -0.1) is 11.3 Å². The summed E-state index contributed by atoms with van der Waals surface area (Å²) in [6.45, 7) is 0.365. The molecule has 3 rings (SSSR count). The van der Waals surface area contributed by atoms with Gasteiger partial charge in [0.15, 0.2) is 0 Å². The number of carboxylic acids is 2. The van der Waals surface area contributed by atoms with E-state index in [0.29, 0.717) is 27.9 Å². The average molecular weight is 591 g/mol. The zero-order valence-electron chi connectivity index (χ0n) is 19.5. The fourth-order valence-corrected chi connectivity index (χ4v) is 4.80. The zero-order chi connectivity index (χ0) is 28.5. The van der Waals surface area contributed by atoms with Crippen molar-refractivity contribution in [1.82, 2.24) is 5.32 Å². The molecule has 0 aliphatic carbocycles. The van der Waals surface area contributed by atoms with E-state index < -0.39 is 30.1 Å². The molecule has 1 aromatic heterocycles. The summed E-state index contributed by atoms with van der Waals surface area (Å²) < 4.78 is 31.7. The van der Waals surface area contributed by atoms with Crippen LogP contribution in [-0.2, 0) is 9.59 Å². The smallest absolute Gasteiger partial charge is 0.480 e. The van der Waals surface area contributed by atoms with Crippen LogP contribution >= 0.6 is 34.5 Å². The number of thiophene rings is 1. The summed E-state index contributed by atoms with van der Waals surface area (Å²) in [6, 6.07) is 17.7. The summed E-state index contributed by atoms with van der Waals surface area (Å²) in [4.78, 5) is 34.4. The normalized spacial score (nSPS) is 11.9. The van der Waals surface area contributed by atoms with Gasteiger partial charge in [0.05, 0.1) is 4.88 Å². The Labute approximate surface area is 230 Å². The van der Waals surface area contributed by atoms with Crippen LogP contribution in [0.2, 0.25) is 10.0 Å². The molecule has 1 amide bonds. The van der Waals surface area contributed by atoms with Crippen LogP contribution in [0.5, 0.6) is 0 Å². The van der Waals surface area contributed by atoms with E-state index in [2.05, 4.69) is 5.32 Å². The van der Waals surface area contributed by atoms with Crippen molar-refractivity contribution in [3.8, 4) is 0 Å². The van der Waals surface area contributed by atoms with Crippen molar-refractivity contribution in [2.75, 3.05) is 6.54 Å². The van der Waals surface area contributed by atoms with Crippen LogP contribution in [0, 0.1) is 0 Å². The second kappa shape index (κ2) is 14.1. The van der Waals surface area contributed by atoms with E-state index in [4.69, 9.17) is 38.8 Å². The molecule has 0 saturated heterocycles. The Morgan fingerprint density at radius 1 is 0.947 bits per heavy atom. The third-order valence-electron chi connectivity index (χ3n) is 5.04. The van der Waals surface area contributed by atoms with E-state index in [9.17, 15) is 27.9 Å². The van der Waals surface area contributed by atoms with Crippen LogP contribution in [0.4, 0.5) is 13.2 Å². The Hall–Kier alpha value is -3.12. The summed E-state index contributed by atoms with van der Waals surface area (Å²) in [5, 5.41) is 20.3. The molecule has 0 aliphatic heterocycles. The summed E-state index contributed by atoms with van der Waals surface area (Å²) in [6.07, 6.45) is -4.29. The highest BCUT2D eigenvalue weighted by atomic mass is 35.5. The average Bonchev–Trinajstić information content (AvgIpc) is 3.31. The third kappa shape index (κ3) is 9.32. The molecule has 3 aromatic rings. The topological polar surface area (TPSA) is 130 Å². The molecule has 1 heterocycles. The SMILES string of the molecule is NCCC[C@H](NC(=O)c1ccc(C(c2cccc(Cl)c2)c2cccc(Cl)c2)s1)C(=O)O.O=C(O)C(F)(F)F. The molecule has 13 heteroatoms. The van der Waals surface area contributed by atoms with Crippen LogP contribution in [0.1, 0.15) is 44.4 Å². The van der Waals surface area contributed by atoms with Crippen LogP contribution in [0.3, 0.4) is 0 Å². The van der Waals surface area contributed by atoms with Gasteiger partial charge in [0.2, 0.25) is 0 Å². The molecule has 0 radical (unpaired) electrons. The minimum Gasteiger partial charge on any atom is -0.480 e. The van der Waals surface area contributed by atoms with Crippen LogP contribution in [0.15, 0.2) is 60.7 Å². The minimum atomic E-state index is -5.08. The highest BCUT2D eigenvalue weighted by Crippen LogP contribution is 2.37. The van der Waals surface area contributed by atoms with Gasteiger partial charge in [0.1, 0.15) is 6.04 Å². The Morgan fingerprint density at radius 2 is 1.47 bits per heavy atom. The lowest BCUT2D eigenvalue weighted by Gasteiger charge is -2.17. The maximum atomic E-state index is 12.7. The second-order valence-electron chi connectivity index (χ2n) is 7.84. The van der Waals surface area contributed by atoms with Crippen LogP contribution < -0.4 is 11.1 Å². The van der Waals surface area contributed by atoms with Gasteiger partial charge >= 0.3 is 18.1 Å². The molecule has 0 aliphatic rings. The van der Waals surface area contributed by atoms with Crippen molar-refractivity contribution < 1.29 is 37.8 Å². The number of nitrogens with one attached hydrogen (secondary N) is 1. The molecule has 5 N–H and O–H groups in total. The highest BCUT2D eigenvalue weighted by molar-refractivity contribution is 7.14. The standard InChI is InChI=1S/C23H22Cl2N2O3S.C2HF3O2/c24-16-6-1-4-14(12-16)21(15-5-2-7-17(25)13-15)19-9-10-20(31-19)22(28)27-18(23(29)30)8-3-11-26;3-2(4,5)1(6)7/h1-2,4-7,9-10,12-13,18,21H,3,8,11,26H2,(H,27,28)(H,29,30);(H,6,7)/t18-;/m0./s1. The first-order valence-corrected chi connectivity index (χ1v) is 12.5. The predicted molar refractivity (Wildman–Crippen MR) is 139 cm³/mol. The van der Waals surface area contributed by atoms with Gasteiger partial charge in [0.25, 0.3) is 5.91 Å². The van der Waals surface area contributed by atoms with Crippen LogP contribution in [0.25, 0.3) is 0 Å². The summed E-state index contributed by atoms with van der Waals surface area (Å²) in [5.41, 5.74) is 7.40. The molecule has 204 valence electrons. The zero-order valence-corrected chi connectivity index (χ0v) is 21.9. The fraction of sp³-hybridized carbons (Fsp3) is 0.240. The van der Waals surface area contributed by atoms with E-state index in [1.165, 1.54) is 11.3 Å². The summed E-state index contributed by atoms with van der Waals surface area (Å²) in [5.74, 6) is -4.42. The number of alkyl halides is 3. The molecule has 1 atom stereocenters. The van der Waals surface area contributed by atoms with Crippen LogP contribution in [-0.4, -0.2) is 46.8 Å². The molecule has 0 fully saturated rings. The lowest BCUT2D eigenvalue weighted by atomic mass is 9.90. The first-order valence-electron chi connectivity index (χ1n) is 11.0. The molecular formula is C25H23Cl2F3N2O5S. The van der Waals surface area contributed by atoms with Crippen molar-refractivity contribution in [2.45, 2.75) is 31.0 Å². The Bertz CT molecular complexity index is 1220. The number of rotatable bonds is 9. The van der Waals surface area contributed by atoms with Crippen molar-refractivity contribution >= 4 is 52.4 Å². The Kier molecular flexibility index (Phi) is 11.6. The molecule has 0 unspecified atom stereocenters. The molecule has 0 spiro atoms. The number of benzene rings is 2. The highest BCUT2D eigenvalue weighted by Gasteiger charge is 2.38. The van der Waals surface area contributed by atoms with Crippen molar-refractivity contribution in [3.63, 3.8) is 0 Å². The summed E-state index contributed by atoms with van der Waals surface area (Å²) in [7, 11) is 0. The Balaban J connectivity index is 0.000000638. The third-order valence-corrected chi connectivity index (χ3v) is 6.66. The number of hydrogen-bond acceptors (Lipinski definition) is 5. The first kappa shape index (κ1) is 31.1.